The van der Waals surface area contributed by atoms with Gasteiger partial charge in [0, 0.05) is 12.3 Å². The summed E-state index contributed by atoms with van der Waals surface area (Å²) in [5.74, 6) is -0.223. The van der Waals surface area contributed by atoms with Crippen LogP contribution in [0.3, 0.4) is 0 Å². The molecule has 1 aliphatic carbocycles. The smallest absolute Gasteiger partial charge is 0.338 e. The third-order valence-corrected chi connectivity index (χ3v) is 5.57. The number of carbonyl (C=O) groups excluding carboxylic acids is 2. The van der Waals surface area contributed by atoms with Crippen LogP contribution in [0.25, 0.3) is 0 Å². The van der Waals surface area contributed by atoms with Crippen molar-refractivity contribution in [2.24, 2.45) is 0 Å². The summed E-state index contributed by atoms with van der Waals surface area (Å²) in [4.78, 5) is 24.8. The van der Waals surface area contributed by atoms with E-state index in [9.17, 15) is 9.59 Å². The van der Waals surface area contributed by atoms with Gasteiger partial charge in [0.15, 0.2) is 6.10 Å². The minimum absolute atomic E-state index is 0.139. The molecule has 4 rings (SSSR count). The van der Waals surface area contributed by atoms with Crippen molar-refractivity contribution in [3.8, 4) is 5.75 Å². The molecule has 1 aliphatic heterocycles. The SMILES string of the molecule is C[C@H](OC(=O)c1ccc(OC[C@H]2CCCO2)cc1)C(=O)Nc1ccc2c(c1)CCC2. The molecule has 6 nitrogen and oxygen atoms in total. The molecule has 0 spiro atoms. The van der Waals surface area contributed by atoms with E-state index in [1.54, 1.807) is 31.2 Å². The van der Waals surface area contributed by atoms with Crippen LogP contribution in [-0.4, -0.2) is 37.3 Å². The summed E-state index contributed by atoms with van der Waals surface area (Å²) in [5.41, 5.74) is 3.72. The van der Waals surface area contributed by atoms with E-state index in [-0.39, 0.29) is 12.0 Å². The molecule has 2 aromatic carbocycles. The molecule has 2 atom stereocenters. The highest BCUT2D eigenvalue weighted by molar-refractivity contribution is 5.97. The van der Waals surface area contributed by atoms with E-state index in [4.69, 9.17) is 14.2 Å². The molecule has 0 unspecified atom stereocenters. The van der Waals surface area contributed by atoms with Crippen LogP contribution >= 0.6 is 0 Å². The Kier molecular flexibility index (Phi) is 6.33. The maximum Gasteiger partial charge on any atom is 0.338 e. The highest BCUT2D eigenvalue weighted by atomic mass is 16.5. The lowest BCUT2D eigenvalue weighted by molar-refractivity contribution is -0.123. The molecule has 0 aromatic heterocycles. The van der Waals surface area contributed by atoms with Crippen molar-refractivity contribution >= 4 is 17.6 Å². The number of anilines is 1. The Balaban J connectivity index is 1.27. The fraction of sp³-hybridized carbons (Fsp3) is 0.417. The summed E-state index contributed by atoms with van der Waals surface area (Å²) in [6.45, 7) is 2.86. The number of benzene rings is 2. The van der Waals surface area contributed by atoms with Crippen LogP contribution in [0.2, 0.25) is 0 Å². The number of aryl methyl sites for hydroxylation is 2. The molecule has 1 heterocycles. The second kappa shape index (κ2) is 9.30. The number of fused-ring (bicyclic) bond motifs is 1. The van der Waals surface area contributed by atoms with Crippen LogP contribution in [0.4, 0.5) is 5.69 Å². The zero-order chi connectivity index (χ0) is 20.9. The van der Waals surface area contributed by atoms with Crippen molar-refractivity contribution in [3.05, 3.63) is 59.2 Å². The number of nitrogens with one attached hydrogen (secondary N) is 1. The Morgan fingerprint density at radius 1 is 1.10 bits per heavy atom. The number of esters is 1. The molecular weight excluding hydrogens is 382 g/mol. The van der Waals surface area contributed by atoms with Crippen molar-refractivity contribution in [3.63, 3.8) is 0 Å². The van der Waals surface area contributed by atoms with Gasteiger partial charge in [0.25, 0.3) is 5.91 Å². The third kappa shape index (κ3) is 5.00. The first-order chi connectivity index (χ1) is 14.6. The number of amides is 1. The van der Waals surface area contributed by atoms with Crippen molar-refractivity contribution < 1.29 is 23.8 Å². The van der Waals surface area contributed by atoms with Gasteiger partial charge in [0.2, 0.25) is 0 Å². The Labute approximate surface area is 176 Å². The molecule has 2 aliphatic rings. The van der Waals surface area contributed by atoms with Crippen LogP contribution in [0.1, 0.15) is 47.7 Å². The van der Waals surface area contributed by atoms with E-state index in [0.717, 1.165) is 44.4 Å². The number of carbonyl (C=O) groups is 2. The quantitative estimate of drug-likeness (QED) is 0.702. The fourth-order valence-corrected chi connectivity index (χ4v) is 3.83. The van der Waals surface area contributed by atoms with Crippen LogP contribution in [-0.2, 0) is 27.1 Å². The minimum Gasteiger partial charge on any atom is -0.491 e. The summed E-state index contributed by atoms with van der Waals surface area (Å²) in [5, 5.41) is 2.83. The van der Waals surface area contributed by atoms with Gasteiger partial charge < -0.3 is 19.5 Å². The van der Waals surface area contributed by atoms with E-state index >= 15 is 0 Å². The van der Waals surface area contributed by atoms with Gasteiger partial charge in [-0.1, -0.05) is 6.07 Å². The molecule has 1 fully saturated rings. The largest absolute Gasteiger partial charge is 0.491 e. The maximum absolute atomic E-state index is 12.4. The van der Waals surface area contributed by atoms with E-state index in [2.05, 4.69) is 11.4 Å². The monoisotopic (exact) mass is 409 g/mol. The highest BCUT2D eigenvalue weighted by Gasteiger charge is 2.20. The molecule has 1 amide bonds. The van der Waals surface area contributed by atoms with Gasteiger partial charge in [0.05, 0.1) is 11.7 Å². The van der Waals surface area contributed by atoms with Crippen LogP contribution < -0.4 is 10.1 Å². The standard InChI is InChI=1S/C24H27NO5/c1-16(23(26)25-20-10-7-17-4-2-5-19(17)14-20)30-24(27)18-8-11-21(12-9-18)29-15-22-6-3-13-28-22/h7-12,14,16,22H,2-6,13,15H2,1H3,(H,25,26)/t16-,22+/m0/s1. The predicted molar refractivity (Wildman–Crippen MR) is 113 cm³/mol. The average Bonchev–Trinajstić information content (AvgIpc) is 3.44. The first-order valence-electron chi connectivity index (χ1n) is 10.6. The highest BCUT2D eigenvalue weighted by Crippen LogP contribution is 2.25. The second-order valence-corrected chi connectivity index (χ2v) is 7.84. The lowest BCUT2D eigenvalue weighted by Crippen LogP contribution is -2.30. The van der Waals surface area contributed by atoms with Gasteiger partial charge >= 0.3 is 5.97 Å². The molecule has 2 aromatic rings. The first kappa shape index (κ1) is 20.4. The number of rotatable bonds is 7. The van der Waals surface area contributed by atoms with Gasteiger partial charge in [0.1, 0.15) is 12.4 Å². The molecule has 0 saturated carbocycles. The van der Waals surface area contributed by atoms with E-state index in [1.165, 1.54) is 11.1 Å². The molecule has 0 radical (unpaired) electrons. The Bertz CT molecular complexity index is 902. The summed E-state index contributed by atoms with van der Waals surface area (Å²) < 4.78 is 16.6. The van der Waals surface area contributed by atoms with Gasteiger partial charge in [-0.3, -0.25) is 4.79 Å². The number of hydrogen-bond acceptors (Lipinski definition) is 5. The maximum atomic E-state index is 12.4. The summed E-state index contributed by atoms with van der Waals surface area (Å²) in [6.07, 6.45) is 4.60. The van der Waals surface area contributed by atoms with E-state index < -0.39 is 12.1 Å². The van der Waals surface area contributed by atoms with Crippen molar-refractivity contribution in [1.82, 2.24) is 0 Å². The molecule has 6 heteroatoms. The Morgan fingerprint density at radius 3 is 2.67 bits per heavy atom. The van der Waals surface area contributed by atoms with Crippen LogP contribution in [0, 0.1) is 0 Å². The zero-order valence-corrected chi connectivity index (χ0v) is 17.2. The Morgan fingerprint density at radius 2 is 1.90 bits per heavy atom. The first-order valence-corrected chi connectivity index (χ1v) is 10.6. The van der Waals surface area contributed by atoms with E-state index in [0.29, 0.717) is 17.9 Å². The summed E-state index contributed by atoms with van der Waals surface area (Å²) in [7, 11) is 0. The van der Waals surface area contributed by atoms with Crippen molar-refractivity contribution in [2.45, 2.75) is 51.2 Å². The van der Waals surface area contributed by atoms with E-state index in [1.807, 2.05) is 12.1 Å². The zero-order valence-electron chi connectivity index (χ0n) is 17.2. The summed E-state index contributed by atoms with van der Waals surface area (Å²) in [6, 6.07) is 12.7. The molecule has 1 N–H and O–H groups in total. The third-order valence-electron chi connectivity index (χ3n) is 5.57. The Hall–Kier alpha value is -2.86. The molecule has 0 bridgehead atoms. The fourth-order valence-electron chi connectivity index (χ4n) is 3.83. The molecule has 1 saturated heterocycles. The van der Waals surface area contributed by atoms with Gasteiger partial charge in [-0.25, -0.2) is 4.79 Å². The minimum atomic E-state index is -0.902. The van der Waals surface area contributed by atoms with Crippen LogP contribution in [0.5, 0.6) is 5.75 Å². The molecule has 158 valence electrons. The number of hydrogen-bond donors (Lipinski definition) is 1. The number of ether oxygens (including phenoxy) is 3. The predicted octanol–water partition coefficient (Wildman–Crippen LogP) is 3.92. The molecular formula is C24H27NO5. The van der Waals surface area contributed by atoms with Crippen LogP contribution in [0.15, 0.2) is 42.5 Å². The van der Waals surface area contributed by atoms with Crippen molar-refractivity contribution in [1.29, 1.82) is 0 Å². The topological polar surface area (TPSA) is 73.9 Å². The molecule has 30 heavy (non-hydrogen) atoms. The second-order valence-electron chi connectivity index (χ2n) is 7.84. The van der Waals surface area contributed by atoms with Gasteiger partial charge in [-0.05, 0) is 86.6 Å². The lowest BCUT2D eigenvalue weighted by Gasteiger charge is -2.15. The van der Waals surface area contributed by atoms with Crippen molar-refractivity contribution in [2.75, 3.05) is 18.5 Å². The average molecular weight is 409 g/mol. The normalized spacial score (nSPS) is 18.5. The summed E-state index contributed by atoms with van der Waals surface area (Å²) >= 11 is 0. The van der Waals surface area contributed by atoms with Gasteiger partial charge in [-0.15, -0.1) is 0 Å². The lowest BCUT2D eigenvalue weighted by atomic mass is 10.1. The van der Waals surface area contributed by atoms with Gasteiger partial charge in [-0.2, -0.15) is 0 Å².